The SMILES string of the molecule is OC(c1cnc(NCc2cccnc2)nc1)c1cc(F)cc(C(F)(F)F)c1. The first-order chi connectivity index (χ1) is 12.8. The predicted molar refractivity (Wildman–Crippen MR) is 89.1 cm³/mol. The zero-order valence-electron chi connectivity index (χ0n) is 13.8. The van der Waals surface area contributed by atoms with Crippen molar-refractivity contribution in [2.24, 2.45) is 0 Å². The number of nitrogens with one attached hydrogen (secondary N) is 1. The molecule has 0 saturated heterocycles. The summed E-state index contributed by atoms with van der Waals surface area (Å²) < 4.78 is 51.9. The van der Waals surface area contributed by atoms with Crippen LogP contribution in [0.15, 0.2) is 55.1 Å². The first kappa shape index (κ1) is 18.7. The summed E-state index contributed by atoms with van der Waals surface area (Å²) in [7, 11) is 0. The molecule has 0 aliphatic rings. The number of anilines is 1. The minimum Gasteiger partial charge on any atom is -0.384 e. The number of hydrogen-bond acceptors (Lipinski definition) is 5. The largest absolute Gasteiger partial charge is 0.416 e. The Labute approximate surface area is 151 Å². The Kier molecular flexibility index (Phi) is 5.31. The van der Waals surface area contributed by atoms with Gasteiger partial charge in [0, 0.05) is 36.9 Å². The summed E-state index contributed by atoms with van der Waals surface area (Å²) in [5.41, 5.74) is -0.362. The molecule has 0 aliphatic carbocycles. The molecule has 1 atom stereocenters. The lowest BCUT2D eigenvalue weighted by Gasteiger charge is -2.14. The normalized spacial score (nSPS) is 12.6. The van der Waals surface area contributed by atoms with E-state index >= 15 is 0 Å². The average Bonchev–Trinajstić information content (AvgIpc) is 2.66. The highest BCUT2D eigenvalue weighted by atomic mass is 19.4. The number of aliphatic hydroxyl groups excluding tert-OH is 1. The van der Waals surface area contributed by atoms with Gasteiger partial charge in [0.1, 0.15) is 11.9 Å². The highest BCUT2D eigenvalue weighted by Gasteiger charge is 2.32. The summed E-state index contributed by atoms with van der Waals surface area (Å²) in [6.07, 6.45) is -0.357. The molecule has 1 aromatic carbocycles. The quantitative estimate of drug-likeness (QED) is 0.662. The highest BCUT2D eigenvalue weighted by Crippen LogP contribution is 2.33. The van der Waals surface area contributed by atoms with Crippen molar-refractivity contribution in [1.29, 1.82) is 0 Å². The number of benzene rings is 1. The summed E-state index contributed by atoms with van der Waals surface area (Å²) in [5.74, 6) is -0.820. The van der Waals surface area contributed by atoms with Crippen LogP contribution in [0.1, 0.15) is 28.4 Å². The number of pyridine rings is 1. The van der Waals surface area contributed by atoms with E-state index in [9.17, 15) is 22.7 Å². The molecule has 0 radical (unpaired) electrons. The van der Waals surface area contributed by atoms with Crippen molar-refractivity contribution in [3.63, 3.8) is 0 Å². The molecule has 0 fully saturated rings. The van der Waals surface area contributed by atoms with Crippen molar-refractivity contribution in [2.45, 2.75) is 18.8 Å². The molecular formula is C18H14F4N4O. The van der Waals surface area contributed by atoms with Crippen molar-refractivity contribution in [3.8, 4) is 0 Å². The molecule has 2 aromatic heterocycles. The van der Waals surface area contributed by atoms with Crippen LogP contribution in [0, 0.1) is 5.82 Å². The van der Waals surface area contributed by atoms with Crippen LogP contribution in [0.4, 0.5) is 23.5 Å². The smallest absolute Gasteiger partial charge is 0.384 e. The van der Waals surface area contributed by atoms with Crippen molar-refractivity contribution in [3.05, 3.63) is 83.2 Å². The van der Waals surface area contributed by atoms with E-state index in [0.29, 0.717) is 18.7 Å². The first-order valence-corrected chi connectivity index (χ1v) is 7.83. The minimum absolute atomic E-state index is 0.139. The summed E-state index contributed by atoms with van der Waals surface area (Å²) >= 11 is 0. The summed E-state index contributed by atoms with van der Waals surface area (Å²) in [6, 6.07) is 5.56. The van der Waals surface area contributed by atoms with E-state index in [4.69, 9.17) is 0 Å². The van der Waals surface area contributed by atoms with E-state index in [2.05, 4.69) is 20.3 Å². The third kappa shape index (κ3) is 4.76. The standard InChI is InChI=1S/C18H14F4N4O/c19-15-5-12(4-14(6-15)18(20,21)22)16(27)13-9-25-17(26-10-13)24-8-11-2-1-3-23-7-11/h1-7,9-10,16,27H,8H2,(H,24,25,26). The van der Waals surface area contributed by atoms with Crippen LogP contribution in [-0.2, 0) is 12.7 Å². The van der Waals surface area contributed by atoms with Gasteiger partial charge in [-0.15, -0.1) is 0 Å². The first-order valence-electron chi connectivity index (χ1n) is 7.83. The Hall–Kier alpha value is -3.07. The number of halogens is 4. The Morgan fingerprint density at radius 3 is 2.41 bits per heavy atom. The maximum atomic E-state index is 13.5. The molecule has 2 N–H and O–H groups in total. The van der Waals surface area contributed by atoms with Crippen LogP contribution < -0.4 is 5.32 Å². The Morgan fingerprint density at radius 1 is 1.04 bits per heavy atom. The van der Waals surface area contributed by atoms with Gasteiger partial charge in [0.15, 0.2) is 0 Å². The lowest BCUT2D eigenvalue weighted by molar-refractivity contribution is -0.137. The van der Waals surface area contributed by atoms with Gasteiger partial charge >= 0.3 is 6.18 Å². The second-order valence-corrected chi connectivity index (χ2v) is 5.73. The summed E-state index contributed by atoms with van der Waals surface area (Å²) in [6.45, 7) is 0.425. The number of aromatic nitrogens is 3. The zero-order chi connectivity index (χ0) is 19.4. The molecule has 5 nitrogen and oxygen atoms in total. The lowest BCUT2D eigenvalue weighted by atomic mass is 10.0. The second-order valence-electron chi connectivity index (χ2n) is 5.73. The van der Waals surface area contributed by atoms with Crippen molar-refractivity contribution in [1.82, 2.24) is 15.0 Å². The molecule has 3 rings (SSSR count). The van der Waals surface area contributed by atoms with Gasteiger partial charge in [-0.25, -0.2) is 14.4 Å². The topological polar surface area (TPSA) is 70.9 Å². The van der Waals surface area contributed by atoms with Gasteiger partial charge in [0.05, 0.1) is 5.56 Å². The third-order valence-corrected chi connectivity index (χ3v) is 3.72. The van der Waals surface area contributed by atoms with Gasteiger partial charge in [0.2, 0.25) is 5.95 Å². The molecule has 0 spiro atoms. The van der Waals surface area contributed by atoms with Crippen LogP contribution >= 0.6 is 0 Å². The number of rotatable bonds is 5. The number of aliphatic hydroxyl groups is 1. The van der Waals surface area contributed by atoms with Crippen LogP contribution in [-0.4, -0.2) is 20.1 Å². The Morgan fingerprint density at radius 2 is 1.78 bits per heavy atom. The molecule has 2 heterocycles. The van der Waals surface area contributed by atoms with E-state index < -0.39 is 23.7 Å². The monoisotopic (exact) mass is 378 g/mol. The van der Waals surface area contributed by atoms with Gasteiger partial charge in [-0.2, -0.15) is 13.2 Å². The number of nitrogens with zero attached hydrogens (tertiary/aromatic N) is 3. The van der Waals surface area contributed by atoms with E-state index in [1.54, 1.807) is 18.5 Å². The number of hydrogen-bond donors (Lipinski definition) is 2. The Balaban J connectivity index is 1.74. The van der Waals surface area contributed by atoms with Gasteiger partial charge in [-0.05, 0) is 35.4 Å². The van der Waals surface area contributed by atoms with E-state index in [1.165, 1.54) is 12.4 Å². The van der Waals surface area contributed by atoms with Crippen LogP contribution in [0.3, 0.4) is 0 Å². The van der Waals surface area contributed by atoms with Crippen LogP contribution in [0.5, 0.6) is 0 Å². The third-order valence-electron chi connectivity index (χ3n) is 3.72. The Bertz CT molecular complexity index is 901. The highest BCUT2D eigenvalue weighted by molar-refractivity contribution is 5.34. The molecule has 0 saturated carbocycles. The molecule has 0 aliphatic heterocycles. The van der Waals surface area contributed by atoms with Crippen molar-refractivity contribution >= 4 is 5.95 Å². The lowest BCUT2D eigenvalue weighted by Crippen LogP contribution is -2.09. The second kappa shape index (κ2) is 7.67. The average molecular weight is 378 g/mol. The molecule has 140 valence electrons. The summed E-state index contributed by atoms with van der Waals surface area (Å²) in [4.78, 5) is 12.0. The summed E-state index contributed by atoms with van der Waals surface area (Å²) in [5, 5.41) is 13.2. The molecule has 0 bridgehead atoms. The predicted octanol–water partition coefficient (Wildman–Crippen LogP) is 3.72. The van der Waals surface area contributed by atoms with Crippen LogP contribution in [0.25, 0.3) is 0 Å². The zero-order valence-corrected chi connectivity index (χ0v) is 13.8. The van der Waals surface area contributed by atoms with Gasteiger partial charge in [-0.1, -0.05) is 6.07 Å². The van der Waals surface area contributed by atoms with Gasteiger partial charge < -0.3 is 10.4 Å². The fraction of sp³-hybridized carbons (Fsp3) is 0.167. The molecule has 1 unspecified atom stereocenters. The van der Waals surface area contributed by atoms with Gasteiger partial charge in [0.25, 0.3) is 0 Å². The van der Waals surface area contributed by atoms with Crippen LogP contribution in [0.2, 0.25) is 0 Å². The molecule has 27 heavy (non-hydrogen) atoms. The van der Waals surface area contributed by atoms with Crippen molar-refractivity contribution < 1.29 is 22.7 Å². The molecular weight excluding hydrogens is 364 g/mol. The minimum atomic E-state index is -4.72. The van der Waals surface area contributed by atoms with Crippen molar-refractivity contribution in [2.75, 3.05) is 5.32 Å². The maximum absolute atomic E-state index is 13.5. The number of alkyl halides is 3. The molecule has 9 heteroatoms. The molecule has 0 amide bonds. The fourth-order valence-electron chi connectivity index (χ4n) is 2.38. The van der Waals surface area contributed by atoms with Gasteiger partial charge in [-0.3, -0.25) is 4.98 Å². The fourth-order valence-corrected chi connectivity index (χ4v) is 2.38. The van der Waals surface area contributed by atoms with E-state index in [1.807, 2.05) is 6.07 Å². The van der Waals surface area contributed by atoms with E-state index in [0.717, 1.165) is 11.6 Å². The molecule has 3 aromatic rings. The maximum Gasteiger partial charge on any atom is 0.416 e. The van der Waals surface area contributed by atoms with E-state index in [-0.39, 0.29) is 17.1 Å².